The molecule has 0 saturated heterocycles. The predicted molar refractivity (Wildman–Crippen MR) is 90.3 cm³/mol. The molecule has 0 spiro atoms. The van der Waals surface area contributed by atoms with Crippen LogP contribution in [-0.2, 0) is 4.79 Å². The number of aliphatic hydroxyl groups is 4. The highest BCUT2D eigenvalue weighted by atomic mass is 16.4. The van der Waals surface area contributed by atoms with E-state index in [2.05, 4.69) is 0 Å². The molecule has 0 amide bonds. The third kappa shape index (κ3) is 3.47. The number of rotatable bonds is 3. The first-order chi connectivity index (χ1) is 10.7. The predicted octanol–water partition coefficient (Wildman–Crippen LogP) is 1.39. The molecule has 6 heteroatoms. The van der Waals surface area contributed by atoms with E-state index >= 15 is 0 Å². The van der Waals surface area contributed by atoms with E-state index in [0.29, 0.717) is 12.8 Å². The highest BCUT2D eigenvalue weighted by Gasteiger charge is 2.58. The van der Waals surface area contributed by atoms with E-state index in [4.69, 9.17) is 0 Å². The Morgan fingerprint density at radius 2 is 1.21 bits per heavy atom. The van der Waals surface area contributed by atoms with Gasteiger partial charge in [0.2, 0.25) is 0 Å². The van der Waals surface area contributed by atoms with Gasteiger partial charge in [-0.3, -0.25) is 4.79 Å². The van der Waals surface area contributed by atoms with Crippen LogP contribution in [0.3, 0.4) is 0 Å². The molecule has 1 aliphatic carbocycles. The zero-order valence-corrected chi connectivity index (χ0v) is 15.7. The van der Waals surface area contributed by atoms with Crippen LogP contribution in [0.15, 0.2) is 0 Å². The Hall–Kier alpha value is -0.690. The maximum absolute atomic E-state index is 11.8. The Morgan fingerprint density at radius 1 is 0.875 bits per heavy atom. The Labute approximate surface area is 144 Å². The summed E-state index contributed by atoms with van der Waals surface area (Å²) in [5, 5.41) is 52.9. The number of hydrogen-bond acceptors (Lipinski definition) is 5. The van der Waals surface area contributed by atoms with Gasteiger partial charge in [0, 0.05) is 5.41 Å². The SMILES string of the molecule is CCC(C(=O)O)C1(C)C(O)C(O)C(C)(C)CCC(C)(C)C(O)C1O. The molecule has 6 nitrogen and oxygen atoms in total. The lowest BCUT2D eigenvalue weighted by molar-refractivity contribution is -0.200. The van der Waals surface area contributed by atoms with Crippen molar-refractivity contribution in [3.63, 3.8) is 0 Å². The highest BCUT2D eigenvalue weighted by molar-refractivity contribution is 5.71. The zero-order valence-electron chi connectivity index (χ0n) is 15.7. The maximum atomic E-state index is 11.8. The van der Waals surface area contributed by atoms with Crippen molar-refractivity contribution in [2.24, 2.45) is 22.2 Å². The molecule has 0 radical (unpaired) electrons. The maximum Gasteiger partial charge on any atom is 0.307 e. The highest BCUT2D eigenvalue weighted by Crippen LogP contribution is 2.49. The number of carbonyl (C=O) groups is 1. The third-order valence-corrected chi connectivity index (χ3v) is 6.34. The van der Waals surface area contributed by atoms with Gasteiger partial charge in [-0.2, -0.15) is 0 Å². The number of carboxylic acids is 1. The van der Waals surface area contributed by atoms with Gasteiger partial charge >= 0.3 is 5.97 Å². The molecule has 0 aromatic rings. The molecule has 0 aromatic heterocycles. The normalized spacial score (nSPS) is 40.9. The van der Waals surface area contributed by atoms with Crippen molar-refractivity contribution in [3.05, 3.63) is 0 Å². The summed E-state index contributed by atoms with van der Waals surface area (Å²) in [7, 11) is 0. The van der Waals surface area contributed by atoms with E-state index in [1.54, 1.807) is 6.92 Å². The van der Waals surface area contributed by atoms with Gasteiger partial charge in [0.25, 0.3) is 0 Å². The van der Waals surface area contributed by atoms with Gasteiger partial charge in [-0.1, -0.05) is 41.5 Å². The monoisotopic (exact) mass is 346 g/mol. The van der Waals surface area contributed by atoms with E-state index < -0.39 is 52.5 Å². The van der Waals surface area contributed by atoms with Crippen molar-refractivity contribution in [1.82, 2.24) is 0 Å². The van der Waals surface area contributed by atoms with Crippen molar-refractivity contribution in [2.75, 3.05) is 0 Å². The molecule has 1 saturated carbocycles. The molecule has 1 aliphatic rings. The molecule has 5 atom stereocenters. The van der Waals surface area contributed by atoms with Crippen molar-refractivity contribution < 1.29 is 30.3 Å². The van der Waals surface area contributed by atoms with E-state index in [1.165, 1.54) is 6.92 Å². The Balaban J connectivity index is 3.57. The zero-order chi connectivity index (χ0) is 19.1. The lowest BCUT2D eigenvalue weighted by Gasteiger charge is -2.48. The molecule has 0 bridgehead atoms. The number of aliphatic carboxylic acids is 1. The van der Waals surface area contributed by atoms with Crippen LogP contribution in [0.2, 0.25) is 0 Å². The molecular weight excluding hydrogens is 312 g/mol. The summed E-state index contributed by atoms with van der Waals surface area (Å²) in [6.07, 6.45) is -4.16. The van der Waals surface area contributed by atoms with Gasteiger partial charge in [0.1, 0.15) is 0 Å². The topological polar surface area (TPSA) is 118 Å². The number of hydrogen-bond donors (Lipinski definition) is 5. The largest absolute Gasteiger partial charge is 0.481 e. The van der Waals surface area contributed by atoms with Crippen LogP contribution >= 0.6 is 0 Å². The molecular formula is C18H34O6. The molecule has 142 valence electrons. The van der Waals surface area contributed by atoms with Gasteiger partial charge in [-0.05, 0) is 30.1 Å². The lowest BCUT2D eigenvalue weighted by Crippen LogP contribution is -2.61. The van der Waals surface area contributed by atoms with Crippen LogP contribution in [0.1, 0.15) is 60.8 Å². The minimum atomic E-state index is -1.59. The van der Waals surface area contributed by atoms with Crippen LogP contribution in [0, 0.1) is 22.2 Å². The van der Waals surface area contributed by atoms with Gasteiger partial charge in [-0.25, -0.2) is 0 Å². The smallest absolute Gasteiger partial charge is 0.307 e. The first-order valence-corrected chi connectivity index (χ1v) is 8.68. The Morgan fingerprint density at radius 3 is 1.46 bits per heavy atom. The number of carboxylic acid groups (broad SMARTS) is 1. The van der Waals surface area contributed by atoms with Crippen LogP contribution < -0.4 is 0 Å². The molecule has 5 N–H and O–H groups in total. The van der Waals surface area contributed by atoms with Crippen molar-refractivity contribution in [3.8, 4) is 0 Å². The quantitative estimate of drug-likeness (QED) is 0.527. The molecule has 0 aliphatic heterocycles. The molecule has 1 fully saturated rings. The van der Waals surface area contributed by atoms with E-state index in [9.17, 15) is 30.3 Å². The Bertz CT molecular complexity index is 430. The minimum Gasteiger partial charge on any atom is -0.481 e. The lowest BCUT2D eigenvalue weighted by atomic mass is 9.61. The summed E-state index contributed by atoms with van der Waals surface area (Å²) >= 11 is 0. The van der Waals surface area contributed by atoms with Crippen molar-refractivity contribution in [2.45, 2.75) is 85.2 Å². The minimum absolute atomic E-state index is 0.167. The summed E-state index contributed by atoms with van der Waals surface area (Å²) in [6.45, 7) is 10.3. The van der Waals surface area contributed by atoms with Crippen LogP contribution in [0.5, 0.6) is 0 Å². The average molecular weight is 346 g/mol. The summed E-state index contributed by atoms with van der Waals surface area (Å²) in [4.78, 5) is 11.8. The summed E-state index contributed by atoms with van der Waals surface area (Å²) in [5.41, 5.74) is -2.95. The van der Waals surface area contributed by atoms with Crippen LogP contribution in [0.4, 0.5) is 0 Å². The first kappa shape index (κ1) is 21.4. The second kappa shape index (κ2) is 6.90. The van der Waals surface area contributed by atoms with E-state index in [0.717, 1.165) is 0 Å². The Kier molecular flexibility index (Phi) is 6.14. The van der Waals surface area contributed by atoms with E-state index in [1.807, 2.05) is 27.7 Å². The molecule has 1 rings (SSSR count). The third-order valence-electron chi connectivity index (χ3n) is 6.34. The molecule has 0 heterocycles. The molecule has 24 heavy (non-hydrogen) atoms. The van der Waals surface area contributed by atoms with Crippen LogP contribution in [0.25, 0.3) is 0 Å². The van der Waals surface area contributed by atoms with Crippen molar-refractivity contribution in [1.29, 1.82) is 0 Å². The molecule has 0 aromatic carbocycles. The standard InChI is InChI=1S/C18H34O6/c1-7-10(15(23)24)18(6)13(21)11(19)16(2,3)8-9-17(4,5)12(20)14(18)22/h10-14,19-22H,7-9H2,1-6H3,(H,23,24). The van der Waals surface area contributed by atoms with Crippen LogP contribution in [-0.4, -0.2) is 55.9 Å². The average Bonchev–Trinajstić information content (AvgIpc) is 2.50. The fraction of sp³-hybridized carbons (Fsp3) is 0.944. The molecule has 5 unspecified atom stereocenters. The van der Waals surface area contributed by atoms with Gasteiger partial charge in [0.15, 0.2) is 0 Å². The van der Waals surface area contributed by atoms with Gasteiger partial charge < -0.3 is 25.5 Å². The second-order valence-electron chi connectivity index (χ2n) is 8.92. The van der Waals surface area contributed by atoms with Gasteiger partial charge in [0.05, 0.1) is 30.3 Å². The van der Waals surface area contributed by atoms with Crippen molar-refractivity contribution >= 4 is 5.97 Å². The fourth-order valence-electron chi connectivity index (χ4n) is 3.94. The van der Waals surface area contributed by atoms with E-state index in [-0.39, 0.29) is 6.42 Å². The summed E-state index contributed by atoms with van der Waals surface area (Å²) < 4.78 is 0. The first-order valence-electron chi connectivity index (χ1n) is 8.68. The second-order valence-corrected chi connectivity index (χ2v) is 8.92. The fourth-order valence-corrected chi connectivity index (χ4v) is 3.94. The number of aliphatic hydroxyl groups excluding tert-OH is 4. The summed E-state index contributed by atoms with van der Waals surface area (Å²) in [5.74, 6) is -2.26. The summed E-state index contributed by atoms with van der Waals surface area (Å²) in [6, 6.07) is 0. The van der Waals surface area contributed by atoms with Gasteiger partial charge in [-0.15, -0.1) is 0 Å².